The van der Waals surface area contributed by atoms with Gasteiger partial charge in [0.1, 0.15) is 0 Å². The van der Waals surface area contributed by atoms with Gasteiger partial charge in [-0.25, -0.2) is 0 Å². The summed E-state index contributed by atoms with van der Waals surface area (Å²) in [6.07, 6.45) is 0.111. The standard InChI is InChI=1S/C19H20ClN3O5S/c1-26-14-9-12(10-15(27-2)17(14)28-3)18(25)22-23-19(29)21-16(24)8-11-4-6-13(20)7-5-11/h4-7,9-10H,8H2,1-3H3,(H,22,25)(H2,21,23,24,29). The van der Waals surface area contributed by atoms with Gasteiger partial charge >= 0.3 is 0 Å². The molecule has 10 heteroatoms. The van der Waals surface area contributed by atoms with Gasteiger partial charge in [0.25, 0.3) is 5.91 Å². The van der Waals surface area contributed by atoms with E-state index in [2.05, 4.69) is 16.2 Å². The summed E-state index contributed by atoms with van der Waals surface area (Å²) >= 11 is 10.8. The molecule has 0 saturated carbocycles. The molecule has 0 heterocycles. The molecular weight excluding hydrogens is 418 g/mol. The Bertz CT molecular complexity index is 880. The minimum atomic E-state index is -0.515. The van der Waals surface area contributed by atoms with E-state index in [1.165, 1.54) is 33.5 Å². The molecule has 0 fully saturated rings. The number of carbonyl (C=O) groups is 2. The predicted molar refractivity (Wildman–Crippen MR) is 113 cm³/mol. The van der Waals surface area contributed by atoms with E-state index in [1.807, 2.05) is 0 Å². The zero-order chi connectivity index (χ0) is 21.4. The number of hydrogen-bond donors (Lipinski definition) is 3. The molecule has 2 aromatic rings. The van der Waals surface area contributed by atoms with Crippen molar-refractivity contribution in [2.24, 2.45) is 0 Å². The highest BCUT2D eigenvalue weighted by Crippen LogP contribution is 2.38. The maximum atomic E-state index is 12.4. The molecule has 29 heavy (non-hydrogen) atoms. The first-order valence-electron chi connectivity index (χ1n) is 8.32. The molecule has 2 aromatic carbocycles. The lowest BCUT2D eigenvalue weighted by Crippen LogP contribution is -2.48. The lowest BCUT2D eigenvalue weighted by molar-refractivity contribution is -0.119. The second-order valence-electron chi connectivity index (χ2n) is 5.67. The Morgan fingerprint density at radius 2 is 1.55 bits per heavy atom. The van der Waals surface area contributed by atoms with E-state index in [-0.39, 0.29) is 23.0 Å². The zero-order valence-corrected chi connectivity index (χ0v) is 17.6. The second kappa shape index (κ2) is 10.5. The minimum absolute atomic E-state index is 0.0512. The average Bonchev–Trinajstić information content (AvgIpc) is 2.72. The smallest absolute Gasteiger partial charge is 0.269 e. The van der Waals surface area contributed by atoms with Crippen LogP contribution >= 0.6 is 23.8 Å². The van der Waals surface area contributed by atoms with Crippen LogP contribution in [0, 0.1) is 0 Å². The molecule has 0 bridgehead atoms. The molecule has 0 aliphatic heterocycles. The second-order valence-corrected chi connectivity index (χ2v) is 6.52. The van der Waals surface area contributed by atoms with Crippen LogP contribution in [0.5, 0.6) is 17.2 Å². The lowest BCUT2D eigenvalue weighted by Gasteiger charge is -2.15. The van der Waals surface area contributed by atoms with E-state index in [4.69, 9.17) is 38.0 Å². The number of nitrogens with one attached hydrogen (secondary N) is 3. The van der Waals surface area contributed by atoms with Crippen LogP contribution in [-0.4, -0.2) is 38.3 Å². The first-order valence-corrected chi connectivity index (χ1v) is 9.11. The maximum absolute atomic E-state index is 12.4. The fraction of sp³-hybridized carbons (Fsp3) is 0.211. The Hall–Kier alpha value is -3.04. The Morgan fingerprint density at radius 1 is 0.966 bits per heavy atom. The van der Waals surface area contributed by atoms with Gasteiger partial charge in [-0.3, -0.25) is 20.4 Å². The van der Waals surface area contributed by atoms with Gasteiger partial charge in [0, 0.05) is 10.6 Å². The van der Waals surface area contributed by atoms with E-state index in [0.717, 1.165) is 5.56 Å². The van der Waals surface area contributed by atoms with Crippen molar-refractivity contribution in [3.8, 4) is 17.2 Å². The zero-order valence-electron chi connectivity index (χ0n) is 16.0. The maximum Gasteiger partial charge on any atom is 0.269 e. The van der Waals surface area contributed by atoms with Crippen molar-refractivity contribution in [1.82, 2.24) is 16.2 Å². The lowest BCUT2D eigenvalue weighted by atomic mass is 10.1. The molecule has 154 valence electrons. The van der Waals surface area contributed by atoms with E-state index >= 15 is 0 Å². The van der Waals surface area contributed by atoms with Crippen molar-refractivity contribution >= 4 is 40.7 Å². The van der Waals surface area contributed by atoms with Gasteiger partial charge in [0.05, 0.1) is 27.8 Å². The normalized spacial score (nSPS) is 9.93. The molecule has 8 nitrogen and oxygen atoms in total. The first kappa shape index (κ1) is 22.3. The van der Waals surface area contributed by atoms with E-state index in [9.17, 15) is 9.59 Å². The van der Waals surface area contributed by atoms with Crippen molar-refractivity contribution in [1.29, 1.82) is 0 Å². The molecule has 0 spiro atoms. The van der Waals surface area contributed by atoms with Gasteiger partial charge in [-0.2, -0.15) is 0 Å². The largest absolute Gasteiger partial charge is 0.493 e. The molecule has 0 aliphatic carbocycles. The number of hydrogen-bond acceptors (Lipinski definition) is 6. The first-order chi connectivity index (χ1) is 13.9. The molecule has 0 aliphatic rings. The fourth-order valence-corrected chi connectivity index (χ4v) is 2.68. The number of methoxy groups -OCH3 is 3. The third-order valence-electron chi connectivity index (χ3n) is 3.75. The summed E-state index contributed by atoms with van der Waals surface area (Å²) in [6.45, 7) is 0. The summed E-state index contributed by atoms with van der Waals surface area (Å²) < 4.78 is 15.6. The highest BCUT2D eigenvalue weighted by molar-refractivity contribution is 7.80. The molecule has 3 N–H and O–H groups in total. The molecule has 2 rings (SSSR count). The van der Waals surface area contributed by atoms with Crippen LogP contribution in [0.15, 0.2) is 36.4 Å². The molecule has 0 radical (unpaired) electrons. The minimum Gasteiger partial charge on any atom is -0.493 e. The number of hydrazine groups is 1. The SMILES string of the molecule is COc1cc(C(=O)NNC(=S)NC(=O)Cc2ccc(Cl)cc2)cc(OC)c1OC. The highest BCUT2D eigenvalue weighted by atomic mass is 35.5. The van der Waals surface area contributed by atoms with Crippen molar-refractivity contribution in [3.05, 3.63) is 52.5 Å². The molecular formula is C19H20ClN3O5S. The fourth-order valence-electron chi connectivity index (χ4n) is 2.39. The van der Waals surface area contributed by atoms with Gasteiger partial charge in [0.15, 0.2) is 16.6 Å². The van der Waals surface area contributed by atoms with Crippen LogP contribution < -0.4 is 30.4 Å². The summed E-state index contributed by atoms with van der Waals surface area (Å²) in [5.41, 5.74) is 5.89. The van der Waals surface area contributed by atoms with Crippen LogP contribution in [-0.2, 0) is 11.2 Å². The number of amides is 2. The Balaban J connectivity index is 1.93. The van der Waals surface area contributed by atoms with Crippen LogP contribution in [0.3, 0.4) is 0 Å². The Morgan fingerprint density at radius 3 is 2.07 bits per heavy atom. The number of benzene rings is 2. The van der Waals surface area contributed by atoms with Crippen LogP contribution in [0.25, 0.3) is 0 Å². The predicted octanol–water partition coefficient (Wildman–Crippen LogP) is 2.24. The van der Waals surface area contributed by atoms with Gasteiger partial charge in [-0.1, -0.05) is 23.7 Å². The molecule has 0 saturated heterocycles. The monoisotopic (exact) mass is 437 g/mol. The van der Waals surface area contributed by atoms with E-state index in [1.54, 1.807) is 24.3 Å². The number of halogens is 1. The number of carbonyl (C=O) groups excluding carboxylic acids is 2. The molecule has 0 aromatic heterocycles. The topological polar surface area (TPSA) is 97.9 Å². The number of ether oxygens (including phenoxy) is 3. The molecule has 0 atom stereocenters. The van der Waals surface area contributed by atoms with Crippen molar-refractivity contribution in [2.45, 2.75) is 6.42 Å². The summed E-state index contributed by atoms with van der Waals surface area (Å²) in [6, 6.07) is 9.84. The van der Waals surface area contributed by atoms with Crippen LogP contribution in [0.1, 0.15) is 15.9 Å². The van der Waals surface area contributed by atoms with Gasteiger partial charge in [0.2, 0.25) is 11.7 Å². The van der Waals surface area contributed by atoms with Gasteiger partial charge < -0.3 is 19.5 Å². The summed E-state index contributed by atoms with van der Waals surface area (Å²) in [4.78, 5) is 24.4. The average molecular weight is 438 g/mol. The van der Waals surface area contributed by atoms with Crippen molar-refractivity contribution < 1.29 is 23.8 Å². The number of thiocarbonyl (C=S) groups is 1. The van der Waals surface area contributed by atoms with Crippen LogP contribution in [0.4, 0.5) is 0 Å². The van der Waals surface area contributed by atoms with Crippen LogP contribution in [0.2, 0.25) is 5.02 Å². The highest BCUT2D eigenvalue weighted by Gasteiger charge is 2.17. The summed E-state index contributed by atoms with van der Waals surface area (Å²) in [5.74, 6) is 0.168. The quantitative estimate of drug-likeness (QED) is 0.471. The third kappa shape index (κ3) is 6.23. The Labute approximate surface area is 178 Å². The van der Waals surface area contributed by atoms with Crippen molar-refractivity contribution in [3.63, 3.8) is 0 Å². The Kier molecular flexibility index (Phi) is 8.05. The van der Waals surface area contributed by atoms with E-state index < -0.39 is 5.91 Å². The van der Waals surface area contributed by atoms with E-state index in [0.29, 0.717) is 22.3 Å². The number of rotatable bonds is 6. The summed E-state index contributed by atoms with van der Waals surface area (Å²) in [7, 11) is 4.36. The molecule has 0 unspecified atom stereocenters. The van der Waals surface area contributed by atoms with Gasteiger partial charge in [-0.05, 0) is 42.0 Å². The molecule has 2 amide bonds. The van der Waals surface area contributed by atoms with Gasteiger partial charge in [-0.15, -0.1) is 0 Å². The third-order valence-corrected chi connectivity index (χ3v) is 4.20. The summed E-state index contributed by atoms with van der Waals surface area (Å²) in [5, 5.41) is 3.01. The van der Waals surface area contributed by atoms with Crippen molar-refractivity contribution in [2.75, 3.05) is 21.3 Å².